The summed E-state index contributed by atoms with van der Waals surface area (Å²) in [7, 11) is 1.56. The molecule has 0 unspecified atom stereocenters. The monoisotopic (exact) mass is 278 g/mol. The Balaban J connectivity index is 2.01. The SMILES string of the molecule is Bc1ccc(-c2ccc(-c3ccccc3)cc2)c(F)c1F. The minimum absolute atomic E-state index is 0.290. The van der Waals surface area contributed by atoms with E-state index in [9.17, 15) is 8.78 Å². The van der Waals surface area contributed by atoms with Gasteiger partial charge in [0.1, 0.15) is 7.85 Å². The van der Waals surface area contributed by atoms with Gasteiger partial charge in [-0.15, -0.1) is 0 Å². The van der Waals surface area contributed by atoms with Crippen LogP contribution in [0.5, 0.6) is 0 Å². The van der Waals surface area contributed by atoms with E-state index in [1.54, 1.807) is 20.0 Å². The molecule has 0 spiro atoms. The molecule has 0 aliphatic heterocycles. The predicted octanol–water partition coefficient (Wildman–Crippen LogP) is 3.56. The molecule has 0 aliphatic carbocycles. The topological polar surface area (TPSA) is 0 Å². The highest BCUT2D eigenvalue weighted by molar-refractivity contribution is 6.32. The van der Waals surface area contributed by atoms with Crippen molar-refractivity contribution < 1.29 is 8.78 Å². The summed E-state index contributed by atoms with van der Waals surface area (Å²) in [5, 5.41) is 0. The zero-order chi connectivity index (χ0) is 14.8. The molecule has 0 fully saturated rings. The summed E-state index contributed by atoms with van der Waals surface area (Å²) < 4.78 is 27.6. The van der Waals surface area contributed by atoms with Crippen molar-refractivity contribution >= 4 is 13.3 Å². The second-order valence-corrected chi connectivity index (χ2v) is 5.00. The molecule has 0 heterocycles. The molecular weight excluding hydrogens is 265 g/mol. The Morgan fingerprint density at radius 3 is 1.81 bits per heavy atom. The van der Waals surface area contributed by atoms with Crippen LogP contribution in [-0.2, 0) is 0 Å². The lowest BCUT2D eigenvalue weighted by atomic mass is 9.92. The van der Waals surface area contributed by atoms with Gasteiger partial charge in [-0.05, 0) is 16.7 Å². The van der Waals surface area contributed by atoms with Crippen LogP contribution >= 0.6 is 0 Å². The smallest absolute Gasteiger partial charge is 0.166 e. The molecule has 0 atom stereocenters. The second-order valence-electron chi connectivity index (χ2n) is 5.00. The Bertz CT molecular complexity index is 765. The van der Waals surface area contributed by atoms with Crippen LogP contribution in [0.3, 0.4) is 0 Å². The summed E-state index contributed by atoms with van der Waals surface area (Å²) in [6, 6.07) is 20.6. The van der Waals surface area contributed by atoms with E-state index in [0.717, 1.165) is 11.1 Å². The molecule has 0 nitrogen and oxygen atoms in total. The molecule has 3 aromatic carbocycles. The van der Waals surface area contributed by atoms with Crippen LogP contribution in [-0.4, -0.2) is 7.85 Å². The molecule has 0 saturated heterocycles. The van der Waals surface area contributed by atoms with Crippen molar-refractivity contribution in [3.63, 3.8) is 0 Å². The van der Waals surface area contributed by atoms with E-state index in [2.05, 4.69) is 0 Å². The third kappa shape index (κ3) is 2.59. The van der Waals surface area contributed by atoms with Crippen molar-refractivity contribution in [1.29, 1.82) is 0 Å². The van der Waals surface area contributed by atoms with E-state index >= 15 is 0 Å². The van der Waals surface area contributed by atoms with Gasteiger partial charge in [0.05, 0.1) is 0 Å². The maximum Gasteiger partial charge on any atom is 0.166 e. The average Bonchev–Trinajstić information content (AvgIpc) is 2.54. The summed E-state index contributed by atoms with van der Waals surface area (Å²) in [4.78, 5) is 0. The first kappa shape index (κ1) is 13.6. The van der Waals surface area contributed by atoms with Crippen LogP contribution in [0.2, 0.25) is 0 Å². The van der Waals surface area contributed by atoms with Crippen molar-refractivity contribution in [2.45, 2.75) is 0 Å². The lowest BCUT2D eigenvalue weighted by Crippen LogP contribution is -2.11. The second kappa shape index (κ2) is 5.53. The minimum Gasteiger partial charge on any atom is -0.204 e. The quantitative estimate of drug-likeness (QED) is 0.629. The zero-order valence-electron chi connectivity index (χ0n) is 11.6. The Kier molecular flexibility index (Phi) is 3.57. The fourth-order valence-electron chi connectivity index (χ4n) is 2.34. The predicted molar refractivity (Wildman–Crippen MR) is 85.4 cm³/mol. The number of benzene rings is 3. The fraction of sp³-hybridized carbons (Fsp3) is 0. The molecule has 3 aromatic rings. The summed E-state index contributed by atoms with van der Waals surface area (Å²) >= 11 is 0. The van der Waals surface area contributed by atoms with Gasteiger partial charge in [-0.3, -0.25) is 0 Å². The first-order chi connectivity index (χ1) is 10.2. The lowest BCUT2D eigenvalue weighted by Gasteiger charge is -2.08. The van der Waals surface area contributed by atoms with Crippen molar-refractivity contribution in [2.24, 2.45) is 0 Å². The summed E-state index contributed by atoms with van der Waals surface area (Å²) in [6.07, 6.45) is 0. The molecule has 0 aliphatic rings. The normalized spacial score (nSPS) is 10.6. The Hall–Kier alpha value is -2.42. The maximum atomic E-state index is 14.0. The number of hydrogen-bond donors (Lipinski definition) is 0. The standard InChI is InChI=1S/C18H13BF2/c19-16-11-10-15(17(20)18(16)21)14-8-6-13(7-9-14)12-4-2-1-3-5-12/h1-11H,19H2. The molecule has 0 amide bonds. The van der Waals surface area contributed by atoms with Gasteiger partial charge in [0.15, 0.2) is 11.6 Å². The first-order valence-corrected chi connectivity index (χ1v) is 6.77. The van der Waals surface area contributed by atoms with Crippen LogP contribution in [0.4, 0.5) is 8.78 Å². The summed E-state index contributed by atoms with van der Waals surface area (Å²) in [6.45, 7) is 0. The van der Waals surface area contributed by atoms with Gasteiger partial charge >= 0.3 is 0 Å². The van der Waals surface area contributed by atoms with Crippen LogP contribution in [0.15, 0.2) is 66.7 Å². The molecule has 0 saturated carbocycles. The third-order valence-electron chi connectivity index (χ3n) is 3.58. The number of halogens is 2. The highest BCUT2D eigenvalue weighted by Gasteiger charge is 2.12. The van der Waals surface area contributed by atoms with Crippen LogP contribution in [0, 0.1) is 11.6 Å². The van der Waals surface area contributed by atoms with Gasteiger partial charge in [-0.25, -0.2) is 8.78 Å². The zero-order valence-corrected chi connectivity index (χ0v) is 11.6. The molecule has 3 rings (SSSR count). The molecule has 0 bridgehead atoms. The third-order valence-corrected chi connectivity index (χ3v) is 3.58. The van der Waals surface area contributed by atoms with Crippen LogP contribution in [0.25, 0.3) is 22.3 Å². The molecule has 21 heavy (non-hydrogen) atoms. The van der Waals surface area contributed by atoms with Crippen molar-refractivity contribution in [2.75, 3.05) is 0 Å². The van der Waals surface area contributed by atoms with E-state index in [1.165, 1.54) is 0 Å². The Morgan fingerprint density at radius 2 is 1.14 bits per heavy atom. The van der Waals surface area contributed by atoms with E-state index in [1.807, 2.05) is 54.6 Å². The van der Waals surface area contributed by atoms with Crippen molar-refractivity contribution in [3.05, 3.63) is 78.4 Å². The fourth-order valence-corrected chi connectivity index (χ4v) is 2.34. The van der Waals surface area contributed by atoms with Gasteiger partial charge in [0, 0.05) is 5.56 Å². The lowest BCUT2D eigenvalue weighted by molar-refractivity contribution is 0.517. The van der Waals surface area contributed by atoms with Crippen LogP contribution < -0.4 is 5.46 Å². The van der Waals surface area contributed by atoms with Gasteiger partial charge in [0.25, 0.3) is 0 Å². The van der Waals surface area contributed by atoms with E-state index in [0.29, 0.717) is 11.0 Å². The maximum absolute atomic E-state index is 14.0. The van der Waals surface area contributed by atoms with Gasteiger partial charge in [0.2, 0.25) is 0 Å². The first-order valence-electron chi connectivity index (χ1n) is 6.77. The number of hydrogen-bond acceptors (Lipinski definition) is 0. The largest absolute Gasteiger partial charge is 0.204 e. The molecule has 0 aromatic heterocycles. The average molecular weight is 278 g/mol. The number of rotatable bonds is 2. The minimum atomic E-state index is -0.789. The molecule has 3 heteroatoms. The Labute approximate surface area is 123 Å². The van der Waals surface area contributed by atoms with Crippen LogP contribution in [0.1, 0.15) is 0 Å². The van der Waals surface area contributed by atoms with E-state index in [4.69, 9.17) is 0 Å². The Morgan fingerprint density at radius 1 is 0.571 bits per heavy atom. The highest BCUT2D eigenvalue weighted by Crippen LogP contribution is 2.27. The van der Waals surface area contributed by atoms with Gasteiger partial charge < -0.3 is 0 Å². The summed E-state index contributed by atoms with van der Waals surface area (Å²) in [5.41, 5.74) is 3.42. The van der Waals surface area contributed by atoms with E-state index < -0.39 is 11.6 Å². The molecular formula is C18H13BF2. The molecule has 0 N–H and O–H groups in total. The van der Waals surface area contributed by atoms with Gasteiger partial charge in [-0.2, -0.15) is 0 Å². The summed E-state index contributed by atoms with van der Waals surface area (Å²) in [5.74, 6) is -1.57. The van der Waals surface area contributed by atoms with Gasteiger partial charge in [-0.1, -0.05) is 72.2 Å². The molecule has 102 valence electrons. The van der Waals surface area contributed by atoms with E-state index in [-0.39, 0.29) is 5.56 Å². The molecule has 0 radical (unpaired) electrons. The van der Waals surface area contributed by atoms with Crippen molar-refractivity contribution in [3.8, 4) is 22.3 Å². The highest BCUT2D eigenvalue weighted by atomic mass is 19.2. The van der Waals surface area contributed by atoms with Crippen molar-refractivity contribution in [1.82, 2.24) is 0 Å².